The van der Waals surface area contributed by atoms with Crippen molar-refractivity contribution in [2.24, 2.45) is 4.99 Å². The Morgan fingerprint density at radius 1 is 1.17 bits per heavy atom. The molecule has 30 heavy (non-hydrogen) atoms. The number of thioether (sulfide) groups is 1. The number of hydrogen-bond acceptors (Lipinski definition) is 4. The van der Waals surface area contributed by atoms with Crippen molar-refractivity contribution < 1.29 is 22.6 Å². The molecule has 0 radical (unpaired) electrons. The molecule has 172 valence electrons. The van der Waals surface area contributed by atoms with Crippen LogP contribution in [0.2, 0.25) is 0 Å². The van der Waals surface area contributed by atoms with E-state index in [2.05, 4.69) is 27.3 Å². The second-order valence-corrected chi connectivity index (χ2v) is 8.66. The number of nitrogens with zero attached hydrogens (tertiary/aromatic N) is 1. The zero-order chi connectivity index (χ0) is 21.2. The van der Waals surface area contributed by atoms with Crippen molar-refractivity contribution >= 4 is 41.7 Å². The number of benzene rings is 1. The normalized spacial score (nSPS) is 16.6. The van der Waals surface area contributed by atoms with Gasteiger partial charge in [0.05, 0.1) is 6.61 Å². The van der Waals surface area contributed by atoms with E-state index in [-0.39, 0.29) is 35.3 Å². The van der Waals surface area contributed by atoms with E-state index in [0.717, 1.165) is 49.9 Å². The van der Waals surface area contributed by atoms with E-state index in [4.69, 9.17) is 4.74 Å². The second-order valence-electron chi connectivity index (χ2n) is 6.93. The molecule has 1 heterocycles. The summed E-state index contributed by atoms with van der Waals surface area (Å²) >= 11 is 1.97. The number of ether oxygens (including phenoxy) is 2. The van der Waals surface area contributed by atoms with Gasteiger partial charge in [-0.2, -0.15) is 24.9 Å². The molecule has 0 spiro atoms. The van der Waals surface area contributed by atoms with E-state index in [9.17, 15) is 13.2 Å². The van der Waals surface area contributed by atoms with Crippen molar-refractivity contribution in [2.75, 3.05) is 39.2 Å². The van der Waals surface area contributed by atoms with Crippen molar-refractivity contribution in [3.05, 3.63) is 35.4 Å². The van der Waals surface area contributed by atoms with Crippen LogP contribution in [0.15, 0.2) is 29.3 Å². The lowest BCUT2D eigenvalue weighted by atomic mass is 9.99. The summed E-state index contributed by atoms with van der Waals surface area (Å²) in [7, 11) is 1.74. The first-order chi connectivity index (χ1) is 13.9. The molecule has 0 bridgehead atoms. The molecule has 2 N–H and O–H groups in total. The maximum atomic E-state index is 12.1. The van der Waals surface area contributed by atoms with Crippen LogP contribution in [0.25, 0.3) is 0 Å². The van der Waals surface area contributed by atoms with Gasteiger partial charge in [0.1, 0.15) is 6.61 Å². The molecule has 2 rings (SSSR count). The van der Waals surface area contributed by atoms with Gasteiger partial charge in [0.25, 0.3) is 0 Å². The number of nitrogens with one attached hydrogen (secondary N) is 2. The average Bonchev–Trinajstić information content (AvgIpc) is 2.69. The van der Waals surface area contributed by atoms with Crippen molar-refractivity contribution in [2.45, 2.75) is 43.8 Å². The van der Waals surface area contributed by atoms with Gasteiger partial charge in [0.2, 0.25) is 0 Å². The van der Waals surface area contributed by atoms with E-state index in [1.54, 1.807) is 19.2 Å². The van der Waals surface area contributed by atoms with Gasteiger partial charge in [-0.05, 0) is 29.7 Å². The van der Waals surface area contributed by atoms with Crippen LogP contribution in [0.3, 0.4) is 0 Å². The highest BCUT2D eigenvalue weighted by Gasteiger charge is 2.32. The van der Waals surface area contributed by atoms with Gasteiger partial charge in [-0.15, -0.1) is 24.0 Å². The Bertz CT molecular complexity index is 634. The van der Waals surface area contributed by atoms with Crippen LogP contribution in [0.5, 0.6) is 0 Å². The number of rotatable bonds is 9. The zero-order valence-corrected chi connectivity index (χ0v) is 20.5. The van der Waals surface area contributed by atoms with E-state index in [1.165, 1.54) is 0 Å². The number of guanidine groups is 1. The molecule has 0 aromatic heterocycles. The molecule has 5 nitrogen and oxygen atoms in total. The van der Waals surface area contributed by atoms with Crippen LogP contribution in [-0.2, 0) is 22.6 Å². The fourth-order valence-electron chi connectivity index (χ4n) is 3.11. The lowest BCUT2D eigenvalue weighted by Crippen LogP contribution is -2.48. The molecule has 1 aromatic carbocycles. The molecule has 10 heteroatoms. The smallest absolute Gasteiger partial charge is 0.381 e. The highest BCUT2D eigenvalue weighted by atomic mass is 127. The van der Waals surface area contributed by atoms with Gasteiger partial charge in [-0.3, -0.25) is 4.99 Å². The third-order valence-corrected chi connectivity index (χ3v) is 6.13. The fraction of sp³-hybridized carbons (Fsp3) is 0.650. The molecule has 1 aliphatic rings. The zero-order valence-electron chi connectivity index (χ0n) is 17.4. The highest BCUT2D eigenvalue weighted by Crippen LogP contribution is 2.34. The second kappa shape index (κ2) is 13.6. The van der Waals surface area contributed by atoms with E-state index in [1.807, 2.05) is 23.9 Å². The Hall–Kier alpha value is -0.720. The summed E-state index contributed by atoms with van der Waals surface area (Å²) in [5.74, 6) is 1.79. The largest absolute Gasteiger partial charge is 0.411 e. The molecule has 0 atom stereocenters. The summed E-state index contributed by atoms with van der Waals surface area (Å²) in [6.45, 7) is 3.86. The molecule has 0 saturated carbocycles. The van der Waals surface area contributed by atoms with E-state index < -0.39 is 12.8 Å². The summed E-state index contributed by atoms with van der Waals surface area (Å²) in [6.07, 6.45) is -2.26. The number of alkyl halides is 3. The van der Waals surface area contributed by atoms with Crippen molar-refractivity contribution in [1.29, 1.82) is 0 Å². The third-order valence-electron chi connectivity index (χ3n) is 4.67. The van der Waals surface area contributed by atoms with Crippen LogP contribution in [-0.4, -0.2) is 56.0 Å². The summed E-state index contributed by atoms with van der Waals surface area (Å²) in [5.41, 5.74) is 1.72. The molecule has 1 saturated heterocycles. The fourth-order valence-corrected chi connectivity index (χ4v) is 4.35. The Balaban J connectivity index is 0.00000450. The van der Waals surface area contributed by atoms with Crippen LogP contribution in [0.4, 0.5) is 13.2 Å². The molecule has 0 unspecified atom stereocenters. The van der Waals surface area contributed by atoms with Crippen molar-refractivity contribution in [1.82, 2.24) is 10.6 Å². The van der Waals surface area contributed by atoms with Gasteiger partial charge in [-0.1, -0.05) is 31.2 Å². The van der Waals surface area contributed by atoms with Crippen LogP contribution in [0, 0.1) is 0 Å². The standard InChI is InChI=1S/C20H30F3N3O2S.HI/c1-3-29-19(8-10-27-11-9-19)14-26-18(24-2)25-12-16-4-6-17(7-5-16)13-28-15-20(21,22)23;/h4-7H,3,8-15H2,1-2H3,(H2,24,25,26);1H. The topological polar surface area (TPSA) is 54.9 Å². The summed E-state index contributed by atoms with van der Waals surface area (Å²) in [4.78, 5) is 4.29. The minimum absolute atomic E-state index is 0. The molecule has 1 fully saturated rings. The number of hydrogen-bond donors (Lipinski definition) is 2. The lowest BCUT2D eigenvalue weighted by Gasteiger charge is -2.37. The predicted octanol–water partition coefficient (Wildman–Crippen LogP) is 4.35. The minimum Gasteiger partial charge on any atom is -0.381 e. The molecular weight excluding hydrogens is 530 g/mol. The molecular formula is C20H31F3IN3O2S. The Morgan fingerprint density at radius 2 is 1.80 bits per heavy atom. The maximum absolute atomic E-state index is 12.1. The Morgan fingerprint density at radius 3 is 2.37 bits per heavy atom. The van der Waals surface area contributed by atoms with Crippen LogP contribution in [0.1, 0.15) is 30.9 Å². The number of aliphatic imine (C=N–C) groups is 1. The molecule has 0 aliphatic carbocycles. The SMILES string of the molecule is CCSC1(CNC(=NC)NCc2ccc(COCC(F)(F)F)cc2)CCOCC1.I. The third kappa shape index (κ3) is 10.1. The molecule has 1 aromatic rings. The van der Waals surface area contributed by atoms with Gasteiger partial charge in [0.15, 0.2) is 5.96 Å². The first-order valence-corrected chi connectivity index (χ1v) is 10.7. The van der Waals surface area contributed by atoms with Gasteiger partial charge >= 0.3 is 6.18 Å². The van der Waals surface area contributed by atoms with Crippen LogP contribution < -0.4 is 10.6 Å². The maximum Gasteiger partial charge on any atom is 0.411 e. The summed E-state index contributed by atoms with van der Waals surface area (Å²) in [6, 6.07) is 7.30. The predicted molar refractivity (Wildman–Crippen MR) is 127 cm³/mol. The summed E-state index contributed by atoms with van der Waals surface area (Å²) in [5, 5.41) is 6.71. The van der Waals surface area contributed by atoms with Crippen molar-refractivity contribution in [3.8, 4) is 0 Å². The highest BCUT2D eigenvalue weighted by molar-refractivity contribution is 14.0. The monoisotopic (exact) mass is 561 g/mol. The first kappa shape index (κ1) is 27.3. The average molecular weight is 561 g/mol. The first-order valence-electron chi connectivity index (χ1n) is 9.74. The Labute approximate surface area is 198 Å². The minimum atomic E-state index is -4.30. The molecule has 0 amide bonds. The summed E-state index contributed by atoms with van der Waals surface area (Å²) < 4.78 is 46.7. The van der Waals surface area contributed by atoms with E-state index >= 15 is 0 Å². The van der Waals surface area contributed by atoms with Crippen molar-refractivity contribution in [3.63, 3.8) is 0 Å². The van der Waals surface area contributed by atoms with Crippen LogP contribution >= 0.6 is 35.7 Å². The number of halogens is 4. The molecule has 1 aliphatic heterocycles. The van der Waals surface area contributed by atoms with Gasteiger partial charge < -0.3 is 20.1 Å². The van der Waals surface area contributed by atoms with Gasteiger partial charge in [-0.25, -0.2) is 0 Å². The van der Waals surface area contributed by atoms with E-state index in [0.29, 0.717) is 12.1 Å². The lowest BCUT2D eigenvalue weighted by molar-refractivity contribution is -0.176. The Kier molecular flexibility index (Phi) is 12.4. The van der Waals surface area contributed by atoms with Gasteiger partial charge in [0, 0.05) is 38.1 Å². The quantitative estimate of drug-likeness (QED) is 0.267.